The van der Waals surface area contributed by atoms with Crippen LogP contribution in [0.15, 0.2) is 78.6 Å². The molecule has 0 heterocycles. The summed E-state index contributed by atoms with van der Waals surface area (Å²) in [6, 6.07) is 15.8. The summed E-state index contributed by atoms with van der Waals surface area (Å²) in [6.45, 7) is 10.4. The van der Waals surface area contributed by atoms with Crippen molar-refractivity contribution in [3.63, 3.8) is 0 Å². The summed E-state index contributed by atoms with van der Waals surface area (Å²) < 4.78 is 0. The molecule has 1 saturated carbocycles. The molecule has 0 unspecified atom stereocenters. The Morgan fingerprint density at radius 1 is 1.14 bits per heavy atom. The molecule has 0 spiro atoms. The lowest BCUT2D eigenvalue weighted by Gasteiger charge is -2.12. The molecule has 1 aliphatic rings. The number of hydrogen-bond acceptors (Lipinski definition) is 0. The van der Waals surface area contributed by atoms with Gasteiger partial charge in [-0.3, -0.25) is 0 Å². The zero-order valence-electron chi connectivity index (χ0n) is 17.6. The minimum atomic E-state index is 0.746. The van der Waals surface area contributed by atoms with Crippen molar-refractivity contribution >= 4 is 5.57 Å². The van der Waals surface area contributed by atoms with Gasteiger partial charge in [0.25, 0.3) is 0 Å². The highest BCUT2D eigenvalue weighted by Crippen LogP contribution is 2.43. The highest BCUT2D eigenvalue weighted by Gasteiger charge is 2.26. The van der Waals surface area contributed by atoms with Crippen molar-refractivity contribution in [2.75, 3.05) is 0 Å². The summed E-state index contributed by atoms with van der Waals surface area (Å²) in [7, 11) is 0. The highest BCUT2D eigenvalue weighted by molar-refractivity contribution is 5.65. The third kappa shape index (κ3) is 5.47. The number of aryl methyl sites for hydroxylation is 2. The smallest absolute Gasteiger partial charge is 0.00504 e. The SMILES string of the molecule is C=C=C(/C=C/CCc1ccc(C)cc1)Cc1ccc(/C(C)=C\C)cc1C1CC1. The summed E-state index contributed by atoms with van der Waals surface area (Å²) in [4.78, 5) is 0. The Bertz CT molecular complexity index is 911. The quantitative estimate of drug-likeness (QED) is 0.330. The molecule has 2 aromatic rings. The lowest BCUT2D eigenvalue weighted by atomic mass is 9.93. The van der Waals surface area contributed by atoms with Crippen LogP contribution in [-0.2, 0) is 12.8 Å². The molecule has 3 rings (SSSR count). The maximum atomic E-state index is 3.93. The fourth-order valence-corrected chi connectivity index (χ4v) is 3.56. The van der Waals surface area contributed by atoms with Gasteiger partial charge in [0.2, 0.25) is 0 Å². The van der Waals surface area contributed by atoms with Crippen molar-refractivity contribution in [1.82, 2.24) is 0 Å². The van der Waals surface area contributed by atoms with Gasteiger partial charge in [0.15, 0.2) is 0 Å². The Hall–Kier alpha value is -2.56. The maximum Gasteiger partial charge on any atom is 0.00504 e. The first-order valence-electron chi connectivity index (χ1n) is 10.5. The number of allylic oxidation sites excluding steroid dienone is 5. The van der Waals surface area contributed by atoms with E-state index < -0.39 is 0 Å². The fourth-order valence-electron chi connectivity index (χ4n) is 3.56. The molecule has 0 aromatic heterocycles. The van der Waals surface area contributed by atoms with Crippen LogP contribution in [0.25, 0.3) is 5.57 Å². The van der Waals surface area contributed by atoms with Crippen LogP contribution in [0.5, 0.6) is 0 Å². The van der Waals surface area contributed by atoms with Crippen LogP contribution in [0.2, 0.25) is 0 Å². The van der Waals surface area contributed by atoms with Crippen molar-refractivity contribution in [2.45, 2.75) is 58.8 Å². The Morgan fingerprint density at radius 2 is 1.89 bits per heavy atom. The molecule has 0 atom stereocenters. The first-order valence-corrected chi connectivity index (χ1v) is 10.5. The van der Waals surface area contributed by atoms with Crippen molar-refractivity contribution in [3.8, 4) is 0 Å². The van der Waals surface area contributed by atoms with Crippen LogP contribution in [0.3, 0.4) is 0 Å². The molecule has 0 N–H and O–H groups in total. The molecule has 28 heavy (non-hydrogen) atoms. The Balaban J connectivity index is 1.65. The zero-order chi connectivity index (χ0) is 19.9. The predicted octanol–water partition coefficient (Wildman–Crippen LogP) is 7.74. The molecule has 2 aromatic carbocycles. The van der Waals surface area contributed by atoms with Crippen molar-refractivity contribution < 1.29 is 0 Å². The second-order valence-electron chi connectivity index (χ2n) is 7.96. The van der Waals surface area contributed by atoms with Gasteiger partial charge in [-0.05, 0) is 85.8 Å². The van der Waals surface area contributed by atoms with Gasteiger partial charge in [-0.25, -0.2) is 0 Å². The minimum Gasteiger partial charge on any atom is -0.125 e. The molecular weight excluding hydrogens is 336 g/mol. The van der Waals surface area contributed by atoms with Crippen LogP contribution in [0, 0.1) is 6.92 Å². The summed E-state index contributed by atoms with van der Waals surface area (Å²) in [5.74, 6) is 0.746. The summed E-state index contributed by atoms with van der Waals surface area (Å²) in [5.41, 5.74) is 12.7. The molecule has 0 nitrogen and oxygen atoms in total. The number of hydrogen-bond donors (Lipinski definition) is 0. The topological polar surface area (TPSA) is 0 Å². The van der Waals surface area contributed by atoms with E-state index in [0.29, 0.717) is 0 Å². The maximum absolute atomic E-state index is 3.93. The van der Waals surface area contributed by atoms with E-state index in [1.54, 1.807) is 0 Å². The summed E-state index contributed by atoms with van der Waals surface area (Å²) in [6.07, 6.45) is 12.4. The van der Waals surface area contributed by atoms with Crippen LogP contribution < -0.4 is 0 Å². The Morgan fingerprint density at radius 3 is 2.54 bits per heavy atom. The number of rotatable bonds is 8. The highest BCUT2D eigenvalue weighted by atomic mass is 14.3. The fraction of sp³-hybridized carbons (Fsp3) is 0.321. The van der Waals surface area contributed by atoms with Gasteiger partial charge in [0.1, 0.15) is 0 Å². The molecule has 144 valence electrons. The van der Waals surface area contributed by atoms with Crippen molar-refractivity contribution in [2.24, 2.45) is 0 Å². The van der Waals surface area contributed by atoms with Crippen LogP contribution >= 0.6 is 0 Å². The minimum absolute atomic E-state index is 0.746. The monoisotopic (exact) mass is 368 g/mol. The molecule has 1 aliphatic carbocycles. The zero-order valence-corrected chi connectivity index (χ0v) is 17.6. The van der Waals surface area contributed by atoms with Crippen molar-refractivity contribution in [1.29, 1.82) is 0 Å². The van der Waals surface area contributed by atoms with E-state index in [9.17, 15) is 0 Å². The van der Waals surface area contributed by atoms with E-state index in [4.69, 9.17) is 0 Å². The predicted molar refractivity (Wildman–Crippen MR) is 123 cm³/mol. The van der Waals surface area contributed by atoms with E-state index >= 15 is 0 Å². The third-order valence-electron chi connectivity index (χ3n) is 5.70. The van der Waals surface area contributed by atoms with Gasteiger partial charge >= 0.3 is 0 Å². The van der Waals surface area contributed by atoms with E-state index in [1.807, 2.05) is 0 Å². The molecule has 0 heteroatoms. The second kappa shape index (κ2) is 9.58. The van der Waals surface area contributed by atoms with Gasteiger partial charge in [-0.1, -0.05) is 72.8 Å². The van der Waals surface area contributed by atoms with Gasteiger partial charge in [0.05, 0.1) is 0 Å². The first kappa shape index (κ1) is 20.2. The van der Waals surface area contributed by atoms with Gasteiger partial charge in [-0.15, -0.1) is 5.73 Å². The standard InChI is InChI=1S/C28H32/c1-5-22(4)26-17-18-27(28(20-26)25-15-16-25)19-23(6-2)9-7-8-10-24-13-11-21(3)12-14-24/h5,7,9,11-14,17-18,20,25H,2,8,10,15-16,19H2,1,3-4H3/b9-7+,22-5-. The third-order valence-corrected chi connectivity index (χ3v) is 5.70. The average Bonchev–Trinajstić information content (AvgIpc) is 3.56. The molecule has 1 fully saturated rings. The van der Waals surface area contributed by atoms with Crippen LogP contribution in [-0.4, -0.2) is 0 Å². The molecule has 0 aliphatic heterocycles. The van der Waals surface area contributed by atoms with E-state index in [0.717, 1.165) is 25.2 Å². The average molecular weight is 369 g/mol. The second-order valence-corrected chi connectivity index (χ2v) is 7.96. The van der Waals surface area contributed by atoms with Crippen LogP contribution in [0.1, 0.15) is 66.8 Å². The largest absolute Gasteiger partial charge is 0.125 e. The Labute approximate surface area is 171 Å². The van der Waals surface area contributed by atoms with E-state index in [2.05, 4.69) is 93.8 Å². The van der Waals surface area contributed by atoms with E-state index in [-0.39, 0.29) is 0 Å². The lowest BCUT2D eigenvalue weighted by molar-refractivity contribution is 0.994. The first-order chi connectivity index (χ1) is 13.6. The molecule has 0 radical (unpaired) electrons. The van der Waals surface area contributed by atoms with Gasteiger partial charge < -0.3 is 0 Å². The van der Waals surface area contributed by atoms with Gasteiger partial charge in [0, 0.05) is 6.42 Å². The molecule has 0 saturated heterocycles. The van der Waals surface area contributed by atoms with E-state index in [1.165, 1.54) is 51.8 Å². The Kier molecular flexibility index (Phi) is 6.90. The molecule has 0 bridgehead atoms. The number of benzene rings is 2. The normalized spacial score (nSPS) is 14.3. The molecule has 0 amide bonds. The van der Waals surface area contributed by atoms with Crippen molar-refractivity contribution in [3.05, 3.63) is 106 Å². The molecular formula is C28H32. The van der Waals surface area contributed by atoms with Gasteiger partial charge in [-0.2, -0.15) is 0 Å². The lowest BCUT2D eigenvalue weighted by Crippen LogP contribution is -1.96. The van der Waals surface area contributed by atoms with Crippen LogP contribution in [0.4, 0.5) is 0 Å². The summed E-state index contributed by atoms with van der Waals surface area (Å²) >= 11 is 0. The summed E-state index contributed by atoms with van der Waals surface area (Å²) in [5, 5.41) is 0.